The van der Waals surface area contributed by atoms with E-state index in [1.54, 1.807) is 0 Å². The Bertz CT molecular complexity index is 534. The van der Waals surface area contributed by atoms with Crippen LogP contribution < -0.4 is 5.73 Å². The molecule has 0 amide bonds. The average Bonchev–Trinajstić information content (AvgIpc) is 2.81. The Hall–Kier alpha value is -1.61. The van der Waals surface area contributed by atoms with Crippen molar-refractivity contribution in [3.05, 3.63) is 36.1 Å². The van der Waals surface area contributed by atoms with Gasteiger partial charge in [-0.25, -0.2) is 5.26 Å². The molecule has 0 radical (unpaired) electrons. The molecular formula is C14H20N2O2Si. The molecule has 1 aromatic carbocycles. The first-order valence-electron chi connectivity index (χ1n) is 6.15. The van der Waals surface area contributed by atoms with Crippen molar-refractivity contribution in [2.45, 2.75) is 25.7 Å². The molecule has 5 heteroatoms. The van der Waals surface area contributed by atoms with E-state index in [0.717, 1.165) is 11.0 Å². The molecule has 2 rings (SSSR count). The lowest BCUT2D eigenvalue weighted by molar-refractivity contribution is 0.160. The number of hydrogen-bond acceptors (Lipinski definition) is 4. The summed E-state index contributed by atoms with van der Waals surface area (Å²) in [5.74, 6) is 0.531. The smallest absolute Gasteiger partial charge is 0.164 e. The highest BCUT2D eigenvalue weighted by atomic mass is 28.3. The molecule has 4 nitrogen and oxygen atoms in total. The van der Waals surface area contributed by atoms with Crippen LogP contribution in [0.2, 0.25) is 19.6 Å². The Morgan fingerprint density at radius 3 is 2.42 bits per heavy atom. The summed E-state index contributed by atoms with van der Waals surface area (Å²) in [7, 11) is -1.33. The maximum absolute atomic E-state index is 9.41. The zero-order chi connectivity index (χ0) is 14.5. The van der Waals surface area contributed by atoms with Gasteiger partial charge < -0.3 is 15.3 Å². The number of nitrogens with two attached hydrogens (primary N) is 1. The fraction of sp³-hybridized carbons (Fsp3) is 0.357. The van der Waals surface area contributed by atoms with Crippen LogP contribution in [-0.2, 0) is 0 Å². The molecule has 0 bridgehead atoms. The van der Waals surface area contributed by atoms with Crippen molar-refractivity contribution in [1.82, 2.24) is 0 Å². The molecule has 1 atom stereocenters. The highest BCUT2D eigenvalue weighted by molar-refractivity contribution is 6.83. The van der Waals surface area contributed by atoms with Gasteiger partial charge in [0.1, 0.15) is 17.4 Å². The second-order valence-electron chi connectivity index (χ2n) is 5.30. The maximum atomic E-state index is 9.41. The van der Waals surface area contributed by atoms with E-state index in [9.17, 15) is 5.11 Å². The molecule has 0 saturated carbocycles. The molecule has 3 N–H and O–H groups in total. The van der Waals surface area contributed by atoms with Crippen LogP contribution in [-0.4, -0.2) is 19.7 Å². The highest BCUT2D eigenvalue weighted by Crippen LogP contribution is 2.22. The third kappa shape index (κ3) is 4.87. The number of nitriles is 1. The summed E-state index contributed by atoms with van der Waals surface area (Å²) in [6, 6.07) is 9.43. The fourth-order valence-corrected chi connectivity index (χ4v) is 1.28. The molecule has 2 aromatic rings. The predicted octanol–water partition coefficient (Wildman–Crippen LogP) is 2.81. The summed E-state index contributed by atoms with van der Waals surface area (Å²) in [5.41, 5.74) is 8.34. The first-order chi connectivity index (χ1) is 8.87. The molecule has 1 heterocycles. The van der Waals surface area contributed by atoms with Crippen molar-refractivity contribution in [2.75, 3.05) is 6.54 Å². The maximum Gasteiger partial charge on any atom is 0.164 e. The molecule has 102 valence electrons. The van der Waals surface area contributed by atoms with Crippen LogP contribution in [0.3, 0.4) is 0 Å². The van der Waals surface area contributed by atoms with Gasteiger partial charge in [0.15, 0.2) is 8.07 Å². The summed E-state index contributed by atoms with van der Waals surface area (Å²) >= 11 is 0. The average molecular weight is 276 g/mol. The Morgan fingerprint density at radius 2 is 1.95 bits per heavy atom. The molecule has 1 unspecified atom stereocenters. The Morgan fingerprint density at radius 1 is 1.37 bits per heavy atom. The van der Waals surface area contributed by atoms with E-state index in [-0.39, 0.29) is 6.54 Å². The molecule has 19 heavy (non-hydrogen) atoms. The van der Waals surface area contributed by atoms with E-state index in [1.165, 1.54) is 0 Å². The molecule has 0 spiro atoms. The minimum atomic E-state index is -1.33. The van der Waals surface area contributed by atoms with Crippen molar-refractivity contribution in [3.8, 4) is 5.69 Å². The van der Waals surface area contributed by atoms with Gasteiger partial charge in [-0.2, -0.15) is 0 Å². The van der Waals surface area contributed by atoms with Crippen molar-refractivity contribution in [1.29, 1.82) is 5.26 Å². The highest BCUT2D eigenvalue weighted by Gasteiger charge is 2.10. The molecule has 0 aliphatic rings. The Labute approximate surface area is 114 Å². The SMILES string of the molecule is C[Si](C)(C)C#N.NCC(O)c1cc2ccccc2o1. The van der Waals surface area contributed by atoms with Crippen molar-refractivity contribution in [2.24, 2.45) is 5.73 Å². The van der Waals surface area contributed by atoms with Crippen molar-refractivity contribution in [3.63, 3.8) is 0 Å². The number of nitrogens with zero attached hydrogens (tertiary/aromatic N) is 1. The second kappa shape index (κ2) is 6.52. The minimum absolute atomic E-state index is 0.180. The lowest BCUT2D eigenvalue weighted by Gasteiger charge is -2.00. The first kappa shape index (κ1) is 15.4. The summed E-state index contributed by atoms with van der Waals surface area (Å²) < 4.78 is 5.39. The summed E-state index contributed by atoms with van der Waals surface area (Å²) in [6.07, 6.45) is -0.701. The van der Waals surface area contributed by atoms with Crippen LogP contribution in [0, 0.1) is 11.0 Å². The number of aliphatic hydroxyl groups is 1. The van der Waals surface area contributed by atoms with Gasteiger partial charge in [-0.3, -0.25) is 0 Å². The molecule has 0 aliphatic carbocycles. The monoisotopic (exact) mass is 276 g/mol. The lowest BCUT2D eigenvalue weighted by Crippen LogP contribution is -2.15. The molecule has 1 aromatic heterocycles. The number of benzene rings is 1. The topological polar surface area (TPSA) is 83.2 Å². The van der Waals surface area contributed by atoms with E-state index in [0.29, 0.717) is 5.76 Å². The van der Waals surface area contributed by atoms with E-state index >= 15 is 0 Å². The number of aliphatic hydroxyl groups excluding tert-OH is 1. The molecule has 0 saturated heterocycles. The zero-order valence-electron chi connectivity index (χ0n) is 11.6. The third-order valence-corrected chi connectivity index (χ3v) is 3.00. The van der Waals surface area contributed by atoms with Gasteiger partial charge in [0, 0.05) is 17.6 Å². The van der Waals surface area contributed by atoms with Crippen LogP contribution in [0.5, 0.6) is 0 Å². The number of rotatable bonds is 2. The van der Waals surface area contributed by atoms with E-state index in [2.05, 4.69) is 5.69 Å². The van der Waals surface area contributed by atoms with Gasteiger partial charge in [0.25, 0.3) is 0 Å². The summed E-state index contributed by atoms with van der Waals surface area (Å²) in [4.78, 5) is 0. The van der Waals surface area contributed by atoms with Crippen LogP contribution in [0.4, 0.5) is 0 Å². The summed E-state index contributed by atoms with van der Waals surface area (Å²) in [6.45, 7) is 6.24. The number of fused-ring (bicyclic) bond motifs is 1. The van der Waals surface area contributed by atoms with Gasteiger partial charge in [-0.05, 0) is 12.1 Å². The second-order valence-corrected chi connectivity index (χ2v) is 10.0. The standard InChI is InChI=1S/C10H11NO2.C4H9NSi/c11-6-8(12)10-5-7-3-1-2-4-9(7)13-10;1-6(2,3)4-5/h1-5,8,12H,6,11H2;1-3H3. The molecular weight excluding hydrogens is 256 g/mol. The third-order valence-electron chi connectivity index (χ3n) is 2.33. The van der Waals surface area contributed by atoms with E-state index in [1.807, 2.05) is 50.0 Å². The van der Waals surface area contributed by atoms with Gasteiger partial charge in [0.05, 0.1) is 0 Å². The zero-order valence-corrected chi connectivity index (χ0v) is 12.6. The van der Waals surface area contributed by atoms with Crippen molar-refractivity contribution >= 4 is 19.0 Å². The van der Waals surface area contributed by atoms with Crippen LogP contribution >= 0.6 is 0 Å². The largest absolute Gasteiger partial charge is 0.458 e. The number of furan rings is 1. The normalized spacial score (nSPS) is 12.4. The van der Waals surface area contributed by atoms with Crippen LogP contribution in [0.25, 0.3) is 11.0 Å². The van der Waals surface area contributed by atoms with Crippen LogP contribution in [0.1, 0.15) is 11.9 Å². The van der Waals surface area contributed by atoms with Gasteiger partial charge >= 0.3 is 0 Å². The molecule has 0 aliphatic heterocycles. The van der Waals surface area contributed by atoms with Gasteiger partial charge in [0.2, 0.25) is 0 Å². The first-order valence-corrected chi connectivity index (χ1v) is 9.65. The van der Waals surface area contributed by atoms with Crippen molar-refractivity contribution < 1.29 is 9.52 Å². The van der Waals surface area contributed by atoms with Gasteiger partial charge in [-0.15, -0.1) is 0 Å². The molecule has 0 fully saturated rings. The quantitative estimate of drug-likeness (QED) is 0.826. The number of hydrogen-bond donors (Lipinski definition) is 2. The Kier molecular flexibility index (Phi) is 5.30. The van der Waals surface area contributed by atoms with Crippen LogP contribution in [0.15, 0.2) is 34.7 Å². The predicted molar refractivity (Wildman–Crippen MR) is 79.2 cm³/mol. The fourth-order valence-electron chi connectivity index (χ4n) is 1.28. The number of para-hydroxylation sites is 1. The van der Waals surface area contributed by atoms with Gasteiger partial charge in [-0.1, -0.05) is 37.8 Å². The van der Waals surface area contributed by atoms with E-state index < -0.39 is 14.2 Å². The van der Waals surface area contributed by atoms with E-state index in [4.69, 9.17) is 15.4 Å². The summed E-state index contributed by atoms with van der Waals surface area (Å²) in [5, 5.41) is 18.6. The minimum Gasteiger partial charge on any atom is -0.458 e. The lowest BCUT2D eigenvalue weighted by atomic mass is 10.2. The Balaban J connectivity index is 0.000000258.